The smallest absolute Gasteiger partial charge is 0.316 e. The predicted molar refractivity (Wildman–Crippen MR) is 99.9 cm³/mol. The average Bonchev–Trinajstić information content (AvgIpc) is 3.13. The van der Waals surface area contributed by atoms with E-state index < -0.39 is 11.9 Å². The molecular formula is C20H18N2O3S. The maximum Gasteiger partial charge on any atom is 0.316 e. The van der Waals surface area contributed by atoms with Crippen LogP contribution in [0, 0.1) is 11.3 Å². The Morgan fingerprint density at radius 1 is 1.15 bits per heavy atom. The van der Waals surface area contributed by atoms with E-state index in [1.54, 1.807) is 24.3 Å². The van der Waals surface area contributed by atoms with Crippen LogP contribution in [0.25, 0.3) is 0 Å². The van der Waals surface area contributed by atoms with E-state index in [1.807, 2.05) is 12.1 Å². The fourth-order valence-corrected chi connectivity index (χ4v) is 3.60. The molecule has 0 aromatic heterocycles. The summed E-state index contributed by atoms with van der Waals surface area (Å²) in [6, 6.07) is 14.9. The molecule has 0 bridgehead atoms. The number of para-hydroxylation sites is 1. The first-order valence-electron chi connectivity index (χ1n) is 8.35. The Kier molecular flexibility index (Phi) is 5.92. The molecule has 0 atom stereocenters. The van der Waals surface area contributed by atoms with E-state index in [9.17, 15) is 9.59 Å². The van der Waals surface area contributed by atoms with Gasteiger partial charge in [-0.2, -0.15) is 5.26 Å². The van der Waals surface area contributed by atoms with E-state index >= 15 is 0 Å². The summed E-state index contributed by atoms with van der Waals surface area (Å²) in [5.41, 5.74) is 3.52. The molecule has 1 aliphatic carbocycles. The summed E-state index contributed by atoms with van der Waals surface area (Å²) in [6.07, 6.45) is 3.42. The maximum absolute atomic E-state index is 11.9. The van der Waals surface area contributed by atoms with Gasteiger partial charge in [0.25, 0.3) is 5.91 Å². The highest BCUT2D eigenvalue weighted by Gasteiger charge is 2.13. The number of nitriles is 1. The molecule has 6 heteroatoms. The van der Waals surface area contributed by atoms with Gasteiger partial charge in [-0.05, 0) is 54.7 Å². The van der Waals surface area contributed by atoms with Crippen LogP contribution in [-0.4, -0.2) is 24.2 Å². The molecule has 2 aromatic carbocycles. The highest BCUT2D eigenvalue weighted by Crippen LogP contribution is 2.27. The van der Waals surface area contributed by atoms with Gasteiger partial charge in [-0.15, -0.1) is 11.8 Å². The number of carbonyl (C=O) groups is 2. The minimum absolute atomic E-state index is 0.154. The standard InChI is InChI=1S/C20H18N2O3S/c21-11-16-4-1-2-7-18(16)22-19(23)12-25-20(24)13-26-17-9-8-14-5-3-6-15(14)10-17/h1-2,4,7-10H,3,5-6,12-13H2,(H,22,23). The highest BCUT2D eigenvalue weighted by atomic mass is 32.2. The third kappa shape index (κ3) is 4.64. The monoisotopic (exact) mass is 366 g/mol. The summed E-state index contributed by atoms with van der Waals surface area (Å²) in [6.45, 7) is -0.372. The molecule has 26 heavy (non-hydrogen) atoms. The maximum atomic E-state index is 11.9. The Labute approximate surface area is 156 Å². The van der Waals surface area contributed by atoms with Crippen LogP contribution in [0.2, 0.25) is 0 Å². The van der Waals surface area contributed by atoms with E-state index in [0.717, 1.165) is 17.7 Å². The Bertz CT molecular complexity index is 874. The Morgan fingerprint density at radius 2 is 1.96 bits per heavy atom. The number of carbonyl (C=O) groups excluding carboxylic acids is 2. The summed E-state index contributed by atoms with van der Waals surface area (Å²) in [4.78, 5) is 24.8. The van der Waals surface area contributed by atoms with Crippen molar-refractivity contribution in [2.75, 3.05) is 17.7 Å². The van der Waals surface area contributed by atoms with Gasteiger partial charge in [0.15, 0.2) is 6.61 Å². The molecule has 132 valence electrons. The van der Waals surface area contributed by atoms with Crippen molar-refractivity contribution in [2.45, 2.75) is 24.2 Å². The third-order valence-corrected chi connectivity index (χ3v) is 5.08. The van der Waals surface area contributed by atoms with Crippen molar-refractivity contribution in [3.63, 3.8) is 0 Å². The summed E-state index contributed by atoms with van der Waals surface area (Å²) in [7, 11) is 0. The van der Waals surface area contributed by atoms with E-state index in [4.69, 9.17) is 10.00 Å². The molecule has 0 heterocycles. The molecule has 1 aliphatic rings. The number of nitrogens with zero attached hydrogens (tertiary/aromatic N) is 1. The number of benzene rings is 2. The van der Waals surface area contributed by atoms with Gasteiger partial charge in [-0.1, -0.05) is 18.2 Å². The molecular weight excluding hydrogens is 348 g/mol. The zero-order valence-electron chi connectivity index (χ0n) is 14.2. The normalized spacial score (nSPS) is 12.1. The SMILES string of the molecule is N#Cc1ccccc1NC(=O)COC(=O)CSc1ccc2c(c1)CCC2. The fourth-order valence-electron chi connectivity index (χ4n) is 2.84. The zero-order chi connectivity index (χ0) is 18.4. The lowest BCUT2D eigenvalue weighted by atomic mass is 10.1. The number of nitrogens with one attached hydrogen (secondary N) is 1. The first-order chi connectivity index (χ1) is 12.7. The minimum Gasteiger partial charge on any atom is -0.455 e. The lowest BCUT2D eigenvalue weighted by molar-refractivity contribution is -0.144. The van der Waals surface area contributed by atoms with Gasteiger partial charge < -0.3 is 10.1 Å². The average molecular weight is 366 g/mol. The third-order valence-electron chi connectivity index (χ3n) is 4.11. The van der Waals surface area contributed by atoms with Gasteiger partial charge in [0.2, 0.25) is 0 Å². The molecule has 0 spiro atoms. The van der Waals surface area contributed by atoms with Crippen LogP contribution < -0.4 is 5.32 Å². The summed E-state index contributed by atoms with van der Waals surface area (Å²) in [5, 5.41) is 11.6. The largest absolute Gasteiger partial charge is 0.455 e. The lowest BCUT2D eigenvalue weighted by Gasteiger charge is -2.08. The number of amides is 1. The van der Waals surface area contributed by atoms with Gasteiger partial charge in [-0.3, -0.25) is 9.59 Å². The quantitative estimate of drug-likeness (QED) is 0.627. The van der Waals surface area contributed by atoms with E-state index in [2.05, 4.69) is 17.4 Å². The van der Waals surface area contributed by atoms with Crippen LogP contribution in [0.5, 0.6) is 0 Å². The molecule has 2 aromatic rings. The molecule has 3 rings (SSSR count). The minimum atomic E-state index is -0.469. The molecule has 0 unspecified atom stereocenters. The van der Waals surface area contributed by atoms with E-state index in [1.165, 1.54) is 29.3 Å². The second-order valence-corrected chi connectivity index (χ2v) is 6.99. The van der Waals surface area contributed by atoms with Crippen molar-refractivity contribution >= 4 is 29.3 Å². The van der Waals surface area contributed by atoms with Crippen LogP contribution in [0.3, 0.4) is 0 Å². The van der Waals surface area contributed by atoms with Crippen LogP contribution in [-0.2, 0) is 27.2 Å². The van der Waals surface area contributed by atoms with Crippen LogP contribution in [0.15, 0.2) is 47.4 Å². The molecule has 0 fully saturated rings. The number of hydrogen-bond donors (Lipinski definition) is 1. The van der Waals surface area contributed by atoms with Crippen LogP contribution >= 0.6 is 11.8 Å². The summed E-state index contributed by atoms with van der Waals surface area (Å²) < 4.78 is 5.01. The van der Waals surface area contributed by atoms with Gasteiger partial charge >= 0.3 is 5.97 Å². The number of esters is 1. The number of thioether (sulfide) groups is 1. The fraction of sp³-hybridized carbons (Fsp3) is 0.250. The second kappa shape index (κ2) is 8.54. The van der Waals surface area contributed by atoms with Crippen molar-refractivity contribution in [3.8, 4) is 6.07 Å². The van der Waals surface area contributed by atoms with E-state index in [-0.39, 0.29) is 12.4 Å². The molecule has 5 nitrogen and oxygen atoms in total. The second-order valence-electron chi connectivity index (χ2n) is 5.94. The lowest BCUT2D eigenvalue weighted by Crippen LogP contribution is -2.22. The van der Waals surface area contributed by atoms with Crippen molar-refractivity contribution < 1.29 is 14.3 Å². The zero-order valence-corrected chi connectivity index (χ0v) is 15.0. The number of anilines is 1. The van der Waals surface area contributed by atoms with Crippen molar-refractivity contribution in [1.29, 1.82) is 5.26 Å². The summed E-state index contributed by atoms with van der Waals surface area (Å²) in [5.74, 6) is -0.760. The first kappa shape index (κ1) is 18.0. The Balaban J connectivity index is 1.44. The number of ether oxygens (including phenoxy) is 1. The van der Waals surface area contributed by atoms with Crippen LogP contribution in [0.1, 0.15) is 23.1 Å². The Morgan fingerprint density at radius 3 is 2.81 bits per heavy atom. The molecule has 0 radical (unpaired) electrons. The van der Waals surface area contributed by atoms with Crippen LogP contribution in [0.4, 0.5) is 5.69 Å². The van der Waals surface area contributed by atoms with Gasteiger partial charge in [-0.25, -0.2) is 0 Å². The van der Waals surface area contributed by atoms with Crippen molar-refractivity contribution in [1.82, 2.24) is 0 Å². The molecule has 1 N–H and O–H groups in total. The first-order valence-corrected chi connectivity index (χ1v) is 9.33. The Hall–Kier alpha value is -2.78. The van der Waals surface area contributed by atoms with Gasteiger partial charge in [0.1, 0.15) is 6.07 Å². The molecule has 0 saturated heterocycles. The number of hydrogen-bond acceptors (Lipinski definition) is 5. The molecule has 0 aliphatic heterocycles. The highest BCUT2D eigenvalue weighted by molar-refractivity contribution is 8.00. The molecule has 1 amide bonds. The summed E-state index contributed by atoms with van der Waals surface area (Å²) >= 11 is 1.41. The number of rotatable bonds is 6. The van der Waals surface area contributed by atoms with Crippen molar-refractivity contribution in [2.24, 2.45) is 0 Å². The predicted octanol–water partition coefficient (Wildman–Crippen LogP) is 3.32. The van der Waals surface area contributed by atoms with Crippen molar-refractivity contribution in [3.05, 3.63) is 59.2 Å². The topological polar surface area (TPSA) is 79.2 Å². The number of aryl methyl sites for hydroxylation is 2. The van der Waals surface area contributed by atoms with Gasteiger partial charge in [0, 0.05) is 4.90 Å². The van der Waals surface area contributed by atoms with Gasteiger partial charge in [0.05, 0.1) is 17.0 Å². The number of fused-ring (bicyclic) bond motifs is 1. The molecule has 0 saturated carbocycles. The van der Waals surface area contributed by atoms with E-state index in [0.29, 0.717) is 11.3 Å².